The summed E-state index contributed by atoms with van der Waals surface area (Å²) < 4.78 is 10.1. The minimum atomic E-state index is -1.40. The third kappa shape index (κ3) is 2.75. The minimum absolute atomic E-state index is 0.142. The van der Waals surface area contributed by atoms with Crippen LogP contribution in [0.3, 0.4) is 0 Å². The van der Waals surface area contributed by atoms with Crippen LogP contribution in [0.2, 0.25) is 0 Å². The van der Waals surface area contributed by atoms with Crippen molar-refractivity contribution in [2.75, 3.05) is 13.2 Å². The second kappa shape index (κ2) is 5.55. The fraction of sp³-hybridized carbons (Fsp3) is 0.778. The third-order valence-electron chi connectivity index (χ3n) is 2.23. The molecule has 0 aromatic heterocycles. The highest BCUT2D eigenvalue weighted by Gasteiger charge is 2.43. The molecule has 15 heavy (non-hydrogen) atoms. The zero-order chi connectivity index (χ0) is 11.4. The molecule has 4 N–H and O–H groups in total. The van der Waals surface area contributed by atoms with Crippen molar-refractivity contribution in [3.63, 3.8) is 0 Å². The summed E-state index contributed by atoms with van der Waals surface area (Å²) in [6.07, 6.45) is -4.64. The van der Waals surface area contributed by atoms with Crippen LogP contribution >= 0.6 is 0 Å². The first-order valence-electron chi connectivity index (χ1n) is 4.64. The third-order valence-corrected chi connectivity index (χ3v) is 2.23. The van der Waals surface area contributed by atoms with Crippen molar-refractivity contribution in [3.8, 4) is 0 Å². The van der Waals surface area contributed by atoms with Gasteiger partial charge in [-0.25, -0.2) is 0 Å². The van der Waals surface area contributed by atoms with E-state index in [9.17, 15) is 15.3 Å². The van der Waals surface area contributed by atoms with Crippen LogP contribution in [0, 0.1) is 0 Å². The quantitative estimate of drug-likeness (QED) is 0.408. The molecule has 1 saturated heterocycles. The summed E-state index contributed by atoms with van der Waals surface area (Å²) in [5, 5.41) is 37.1. The largest absolute Gasteiger partial charge is 0.394 e. The Bertz CT molecular complexity index is 207. The first-order valence-corrected chi connectivity index (χ1v) is 4.64. The number of aliphatic hydroxyl groups is 4. The van der Waals surface area contributed by atoms with Gasteiger partial charge < -0.3 is 29.9 Å². The molecule has 0 amide bonds. The monoisotopic (exact) mass is 220 g/mol. The molecular formula is C9H16O6. The van der Waals surface area contributed by atoms with Gasteiger partial charge in [-0.2, -0.15) is 0 Å². The molecule has 1 aliphatic rings. The van der Waals surface area contributed by atoms with Gasteiger partial charge in [-0.15, -0.1) is 6.58 Å². The van der Waals surface area contributed by atoms with E-state index < -0.39 is 37.3 Å². The van der Waals surface area contributed by atoms with Crippen LogP contribution in [-0.4, -0.2) is 64.3 Å². The van der Waals surface area contributed by atoms with Gasteiger partial charge in [-0.1, -0.05) is 6.08 Å². The predicted molar refractivity (Wildman–Crippen MR) is 49.9 cm³/mol. The molecule has 1 rings (SSSR count). The zero-order valence-electron chi connectivity index (χ0n) is 8.19. The average molecular weight is 220 g/mol. The standard InChI is InChI=1S/C9H16O6/c1-2-3-14-9-8(13)7(12)6(11)5(4-10)15-9/h2,5-13H,1,3-4H2/t5-,6-,7?,8-,9-/m0/s1. The lowest BCUT2D eigenvalue weighted by Crippen LogP contribution is -2.59. The second-order valence-corrected chi connectivity index (χ2v) is 3.32. The van der Waals surface area contributed by atoms with Gasteiger partial charge in [0.05, 0.1) is 13.2 Å². The van der Waals surface area contributed by atoms with Crippen molar-refractivity contribution in [2.45, 2.75) is 30.7 Å². The smallest absolute Gasteiger partial charge is 0.187 e. The molecule has 0 aromatic rings. The van der Waals surface area contributed by atoms with Gasteiger partial charge in [0.2, 0.25) is 0 Å². The van der Waals surface area contributed by atoms with Gasteiger partial charge in [0.1, 0.15) is 24.4 Å². The van der Waals surface area contributed by atoms with E-state index in [-0.39, 0.29) is 6.61 Å². The van der Waals surface area contributed by atoms with E-state index in [1.807, 2.05) is 0 Å². The van der Waals surface area contributed by atoms with Crippen LogP contribution in [0.5, 0.6) is 0 Å². The molecule has 0 bridgehead atoms. The number of rotatable bonds is 4. The molecule has 88 valence electrons. The summed E-state index contributed by atoms with van der Waals surface area (Å²) in [7, 11) is 0. The molecule has 0 radical (unpaired) electrons. The summed E-state index contributed by atoms with van der Waals surface area (Å²) in [6.45, 7) is 3.10. The molecule has 1 heterocycles. The van der Waals surface area contributed by atoms with Crippen molar-refractivity contribution in [1.82, 2.24) is 0 Å². The van der Waals surface area contributed by atoms with Gasteiger partial charge in [-0.05, 0) is 0 Å². The number of aliphatic hydroxyl groups excluding tert-OH is 4. The van der Waals surface area contributed by atoms with Crippen molar-refractivity contribution in [1.29, 1.82) is 0 Å². The fourth-order valence-electron chi connectivity index (χ4n) is 1.37. The van der Waals surface area contributed by atoms with Crippen LogP contribution in [-0.2, 0) is 9.47 Å². The van der Waals surface area contributed by atoms with Gasteiger partial charge in [0.15, 0.2) is 6.29 Å². The van der Waals surface area contributed by atoms with Crippen LogP contribution in [0.4, 0.5) is 0 Å². The van der Waals surface area contributed by atoms with Crippen molar-refractivity contribution >= 4 is 0 Å². The lowest BCUT2D eigenvalue weighted by Gasteiger charge is -2.39. The maximum atomic E-state index is 9.47. The lowest BCUT2D eigenvalue weighted by atomic mass is 9.99. The molecule has 0 spiro atoms. The fourth-order valence-corrected chi connectivity index (χ4v) is 1.37. The van der Waals surface area contributed by atoms with Crippen molar-refractivity contribution < 1.29 is 29.9 Å². The summed E-state index contributed by atoms with van der Waals surface area (Å²) >= 11 is 0. The Labute approximate surface area is 87.4 Å². The molecule has 0 saturated carbocycles. The molecule has 1 fully saturated rings. The molecular weight excluding hydrogens is 204 g/mol. The predicted octanol–water partition coefficient (Wildman–Crippen LogP) is -2.01. The van der Waals surface area contributed by atoms with E-state index in [0.29, 0.717) is 0 Å². The Morgan fingerprint density at radius 3 is 2.40 bits per heavy atom. The Balaban J connectivity index is 2.60. The Kier molecular flexibility index (Phi) is 4.65. The van der Waals surface area contributed by atoms with Gasteiger partial charge in [0.25, 0.3) is 0 Å². The minimum Gasteiger partial charge on any atom is -0.394 e. The van der Waals surface area contributed by atoms with Crippen LogP contribution in [0.25, 0.3) is 0 Å². The van der Waals surface area contributed by atoms with E-state index in [1.54, 1.807) is 0 Å². The summed E-state index contributed by atoms with van der Waals surface area (Å²) in [6, 6.07) is 0. The molecule has 5 atom stereocenters. The van der Waals surface area contributed by atoms with Gasteiger partial charge in [-0.3, -0.25) is 0 Å². The maximum absolute atomic E-state index is 9.47. The van der Waals surface area contributed by atoms with E-state index >= 15 is 0 Å². The number of ether oxygens (including phenoxy) is 2. The topological polar surface area (TPSA) is 99.4 Å². The first kappa shape index (κ1) is 12.6. The van der Waals surface area contributed by atoms with E-state index in [0.717, 1.165) is 0 Å². The normalized spacial score (nSPS) is 41.5. The average Bonchev–Trinajstić information content (AvgIpc) is 2.25. The zero-order valence-corrected chi connectivity index (χ0v) is 8.19. The molecule has 1 aliphatic heterocycles. The van der Waals surface area contributed by atoms with E-state index in [2.05, 4.69) is 6.58 Å². The number of hydrogen-bond donors (Lipinski definition) is 4. The molecule has 1 unspecified atom stereocenters. The Morgan fingerprint density at radius 1 is 1.20 bits per heavy atom. The van der Waals surface area contributed by atoms with Gasteiger partial charge >= 0.3 is 0 Å². The lowest BCUT2D eigenvalue weighted by molar-refractivity contribution is -0.298. The van der Waals surface area contributed by atoms with Crippen LogP contribution in [0.15, 0.2) is 12.7 Å². The Hall–Kier alpha value is -0.500. The highest BCUT2D eigenvalue weighted by molar-refractivity contribution is 4.89. The van der Waals surface area contributed by atoms with Crippen LogP contribution in [0.1, 0.15) is 0 Å². The SMILES string of the molecule is C=CCO[C@H]1O[C@@H](CO)[C@H](O)C(O)[C@@H]1O. The van der Waals surface area contributed by atoms with E-state index in [1.165, 1.54) is 6.08 Å². The van der Waals surface area contributed by atoms with E-state index in [4.69, 9.17) is 14.6 Å². The summed E-state index contributed by atoms with van der Waals surface area (Å²) in [5.74, 6) is 0. The second-order valence-electron chi connectivity index (χ2n) is 3.32. The summed E-state index contributed by atoms with van der Waals surface area (Å²) in [5.41, 5.74) is 0. The summed E-state index contributed by atoms with van der Waals surface area (Å²) in [4.78, 5) is 0. The number of hydrogen-bond acceptors (Lipinski definition) is 6. The maximum Gasteiger partial charge on any atom is 0.187 e. The van der Waals surface area contributed by atoms with Crippen LogP contribution < -0.4 is 0 Å². The highest BCUT2D eigenvalue weighted by atomic mass is 16.7. The van der Waals surface area contributed by atoms with Crippen molar-refractivity contribution in [2.24, 2.45) is 0 Å². The molecule has 6 heteroatoms. The molecule has 6 nitrogen and oxygen atoms in total. The molecule has 0 aromatic carbocycles. The van der Waals surface area contributed by atoms with Crippen molar-refractivity contribution in [3.05, 3.63) is 12.7 Å². The Morgan fingerprint density at radius 2 is 1.87 bits per heavy atom. The first-order chi connectivity index (χ1) is 7.11. The van der Waals surface area contributed by atoms with Gasteiger partial charge in [0, 0.05) is 0 Å². The highest BCUT2D eigenvalue weighted by Crippen LogP contribution is 2.21. The molecule has 0 aliphatic carbocycles.